The van der Waals surface area contributed by atoms with Crippen LogP contribution in [-0.4, -0.2) is 27.8 Å². The van der Waals surface area contributed by atoms with Crippen LogP contribution >= 0.6 is 27.3 Å². The molecule has 0 radical (unpaired) electrons. The number of amides is 1. The zero-order valence-electron chi connectivity index (χ0n) is 13.8. The maximum absolute atomic E-state index is 13.0. The van der Waals surface area contributed by atoms with Gasteiger partial charge in [-0.2, -0.15) is 0 Å². The number of carbonyl (C=O) groups is 1. The number of hydrogen-bond acceptors (Lipinski definition) is 3. The zero-order chi connectivity index (χ0) is 17.6. The molecule has 0 aliphatic carbocycles. The first-order valence-electron chi connectivity index (χ1n) is 7.95. The van der Waals surface area contributed by atoms with Gasteiger partial charge in [0.25, 0.3) is 5.91 Å². The van der Waals surface area contributed by atoms with Gasteiger partial charge in [0, 0.05) is 18.0 Å². The highest BCUT2D eigenvalue weighted by Crippen LogP contribution is 2.32. The van der Waals surface area contributed by atoms with Gasteiger partial charge in [-0.15, -0.1) is 11.3 Å². The van der Waals surface area contributed by atoms with E-state index in [1.165, 1.54) is 0 Å². The van der Waals surface area contributed by atoms with Crippen molar-refractivity contribution < 1.29 is 4.79 Å². The second-order valence-electron chi connectivity index (χ2n) is 5.97. The molecule has 1 amide bonds. The molecule has 1 N–H and O–H groups in total. The number of aromatic amines is 1. The highest BCUT2D eigenvalue weighted by atomic mass is 79.9. The van der Waals surface area contributed by atoms with Gasteiger partial charge in [0.1, 0.15) is 10.7 Å². The first-order chi connectivity index (χ1) is 12.1. The van der Waals surface area contributed by atoms with Crippen molar-refractivity contribution in [3.63, 3.8) is 0 Å². The van der Waals surface area contributed by atoms with Gasteiger partial charge in [-0.1, -0.05) is 30.3 Å². The average Bonchev–Trinajstić information content (AvgIpc) is 3.21. The molecule has 0 unspecified atom stereocenters. The third kappa shape index (κ3) is 2.75. The Hall–Kier alpha value is -2.18. The number of para-hydroxylation sites is 2. The van der Waals surface area contributed by atoms with Gasteiger partial charge in [-0.05, 0) is 41.1 Å². The fourth-order valence-electron chi connectivity index (χ4n) is 2.84. The number of hydrogen-bond donors (Lipinski definition) is 1. The number of nitrogens with zero attached hydrogens (tertiary/aromatic N) is 2. The fraction of sp³-hybridized carbons (Fsp3) is 0.158. The van der Waals surface area contributed by atoms with Crippen LogP contribution in [0.5, 0.6) is 0 Å². The maximum atomic E-state index is 13.0. The molecule has 1 atom stereocenters. The zero-order valence-corrected chi connectivity index (χ0v) is 16.2. The summed E-state index contributed by atoms with van der Waals surface area (Å²) in [5, 5.41) is 1.94. The summed E-state index contributed by atoms with van der Waals surface area (Å²) in [6.45, 7) is 2.01. The summed E-state index contributed by atoms with van der Waals surface area (Å²) in [5.74, 6) is -0.0603. The summed E-state index contributed by atoms with van der Waals surface area (Å²) in [7, 11) is 1.82. The highest BCUT2D eigenvalue weighted by Gasteiger charge is 2.25. The van der Waals surface area contributed by atoms with Crippen molar-refractivity contribution >= 4 is 54.3 Å². The maximum Gasteiger partial charge on any atom is 0.271 e. The van der Waals surface area contributed by atoms with Gasteiger partial charge >= 0.3 is 0 Å². The van der Waals surface area contributed by atoms with Crippen molar-refractivity contribution in [3.8, 4) is 0 Å². The molecule has 0 spiro atoms. The smallest absolute Gasteiger partial charge is 0.271 e. The van der Waals surface area contributed by atoms with E-state index < -0.39 is 0 Å². The molecule has 0 aliphatic heterocycles. The number of halogens is 1. The Morgan fingerprint density at radius 1 is 1.20 bits per heavy atom. The molecule has 2 heterocycles. The van der Waals surface area contributed by atoms with Crippen molar-refractivity contribution in [3.05, 3.63) is 63.7 Å². The minimum absolute atomic E-state index is 0.0603. The molecule has 2 aromatic carbocycles. The molecule has 0 fully saturated rings. The van der Waals surface area contributed by atoms with Crippen LogP contribution in [0, 0.1) is 0 Å². The van der Waals surface area contributed by atoms with Crippen LogP contribution in [0.4, 0.5) is 0 Å². The Morgan fingerprint density at radius 2 is 1.92 bits per heavy atom. The van der Waals surface area contributed by atoms with Gasteiger partial charge in [-0.25, -0.2) is 4.98 Å². The van der Waals surface area contributed by atoms with Crippen LogP contribution in [-0.2, 0) is 0 Å². The van der Waals surface area contributed by atoms with Crippen molar-refractivity contribution in [1.29, 1.82) is 0 Å². The second kappa shape index (κ2) is 6.28. The standard InChI is InChI=1S/C19H16BrN3OS/c1-11(18-22-14-9-5-6-10-15(14)25-18)23(2)19(24)17-16(20)12-7-3-4-8-13(12)21-17/h3-11,21H,1-2H3/t11-/m1/s1. The van der Waals surface area contributed by atoms with E-state index in [0.717, 1.165) is 30.6 Å². The predicted molar refractivity (Wildman–Crippen MR) is 106 cm³/mol. The van der Waals surface area contributed by atoms with Crippen molar-refractivity contribution in [2.75, 3.05) is 7.05 Å². The van der Waals surface area contributed by atoms with Crippen LogP contribution in [0.15, 0.2) is 53.0 Å². The van der Waals surface area contributed by atoms with Crippen LogP contribution in [0.3, 0.4) is 0 Å². The monoisotopic (exact) mass is 413 g/mol. The number of aromatic nitrogens is 2. The van der Waals surface area contributed by atoms with E-state index in [4.69, 9.17) is 0 Å². The summed E-state index contributed by atoms with van der Waals surface area (Å²) >= 11 is 5.19. The number of nitrogens with one attached hydrogen (secondary N) is 1. The Balaban J connectivity index is 1.67. The lowest BCUT2D eigenvalue weighted by molar-refractivity contribution is 0.0736. The van der Waals surface area contributed by atoms with E-state index in [1.54, 1.807) is 16.2 Å². The lowest BCUT2D eigenvalue weighted by atomic mass is 10.2. The first kappa shape index (κ1) is 16.3. The number of H-pyrrole nitrogens is 1. The van der Waals surface area contributed by atoms with E-state index in [0.29, 0.717) is 5.69 Å². The summed E-state index contributed by atoms with van der Waals surface area (Å²) in [6.07, 6.45) is 0. The minimum Gasteiger partial charge on any atom is -0.350 e. The summed E-state index contributed by atoms with van der Waals surface area (Å²) in [4.78, 5) is 22.6. The second-order valence-corrected chi connectivity index (χ2v) is 7.83. The minimum atomic E-state index is -0.108. The van der Waals surface area contributed by atoms with Crippen molar-refractivity contribution in [2.45, 2.75) is 13.0 Å². The lowest BCUT2D eigenvalue weighted by Crippen LogP contribution is -2.30. The summed E-state index contributed by atoms with van der Waals surface area (Å²) in [5.41, 5.74) is 2.48. The Morgan fingerprint density at radius 3 is 2.68 bits per heavy atom. The van der Waals surface area contributed by atoms with E-state index in [-0.39, 0.29) is 11.9 Å². The van der Waals surface area contributed by atoms with Gasteiger partial charge in [0.2, 0.25) is 0 Å². The lowest BCUT2D eigenvalue weighted by Gasteiger charge is -2.22. The van der Waals surface area contributed by atoms with Crippen LogP contribution in [0.1, 0.15) is 28.5 Å². The Kier molecular flexibility index (Phi) is 4.09. The molecule has 0 saturated heterocycles. The molecule has 126 valence electrons. The molecule has 0 aliphatic rings. The van der Waals surface area contributed by atoms with Gasteiger partial charge in [0.15, 0.2) is 0 Å². The third-order valence-electron chi connectivity index (χ3n) is 4.43. The topological polar surface area (TPSA) is 49.0 Å². The van der Waals surface area contributed by atoms with Crippen LogP contribution < -0.4 is 0 Å². The molecule has 4 rings (SSSR count). The highest BCUT2D eigenvalue weighted by molar-refractivity contribution is 9.10. The molecule has 2 aromatic heterocycles. The van der Waals surface area contributed by atoms with Crippen molar-refractivity contribution in [2.24, 2.45) is 0 Å². The van der Waals surface area contributed by atoms with Gasteiger partial charge in [0.05, 0.1) is 20.7 Å². The molecular weight excluding hydrogens is 398 g/mol. The number of fused-ring (bicyclic) bond motifs is 2. The van der Waals surface area contributed by atoms with Crippen LogP contribution in [0.2, 0.25) is 0 Å². The molecule has 25 heavy (non-hydrogen) atoms. The van der Waals surface area contributed by atoms with Gasteiger partial charge < -0.3 is 9.88 Å². The average molecular weight is 414 g/mol. The van der Waals surface area contributed by atoms with E-state index in [1.807, 2.05) is 56.4 Å². The molecule has 6 heteroatoms. The predicted octanol–water partition coefficient (Wildman–Crippen LogP) is 5.37. The number of thiazole rings is 1. The summed E-state index contributed by atoms with van der Waals surface area (Å²) < 4.78 is 1.94. The van der Waals surface area contributed by atoms with Crippen molar-refractivity contribution in [1.82, 2.24) is 14.9 Å². The SMILES string of the molecule is C[C@H](c1nc2ccccc2s1)N(C)C(=O)c1[nH]c2ccccc2c1Br. The van der Waals surface area contributed by atoms with Gasteiger partial charge in [-0.3, -0.25) is 4.79 Å². The molecule has 4 nitrogen and oxygen atoms in total. The van der Waals surface area contributed by atoms with Crippen LogP contribution in [0.25, 0.3) is 21.1 Å². The normalized spacial score (nSPS) is 12.6. The molecular formula is C19H16BrN3OS. The quantitative estimate of drug-likeness (QED) is 0.490. The largest absolute Gasteiger partial charge is 0.350 e. The Labute approximate surface area is 157 Å². The summed E-state index contributed by atoms with van der Waals surface area (Å²) in [6, 6.07) is 15.8. The number of benzene rings is 2. The Bertz CT molecular complexity index is 1050. The third-order valence-corrected chi connectivity index (χ3v) is 6.46. The van der Waals surface area contributed by atoms with E-state index in [9.17, 15) is 4.79 Å². The first-order valence-corrected chi connectivity index (χ1v) is 9.56. The number of carbonyl (C=O) groups excluding carboxylic acids is 1. The molecule has 4 aromatic rings. The van der Waals surface area contributed by atoms with E-state index in [2.05, 4.69) is 32.0 Å². The fourth-order valence-corrected chi connectivity index (χ4v) is 4.52. The van der Waals surface area contributed by atoms with E-state index >= 15 is 0 Å². The molecule has 0 bridgehead atoms. The molecule has 0 saturated carbocycles. The number of rotatable bonds is 3.